The maximum absolute atomic E-state index is 6.04. The topological polar surface area (TPSA) is 39.1 Å². The average molecular weight is 384 g/mol. The van der Waals surface area contributed by atoms with Gasteiger partial charge in [0.2, 0.25) is 0 Å². The maximum Gasteiger partial charge on any atom is 0.0972 e. The molecule has 3 aromatic rings. The molecule has 1 N–H and O–H groups in total. The zero-order valence-corrected chi connectivity index (χ0v) is 16.6. The molecule has 0 radical (unpaired) electrons. The van der Waals surface area contributed by atoms with Crippen molar-refractivity contribution in [3.63, 3.8) is 0 Å². The van der Waals surface area contributed by atoms with Crippen LogP contribution in [0.1, 0.15) is 25.8 Å². The summed E-state index contributed by atoms with van der Waals surface area (Å²) < 4.78 is 7.52. The molecule has 0 saturated heterocycles. The van der Waals surface area contributed by atoms with Gasteiger partial charge in [-0.3, -0.25) is 0 Å². The number of hydrogen-bond donors (Lipinski definition) is 1. The number of rotatable bonds is 9. The molecule has 0 amide bonds. The van der Waals surface area contributed by atoms with E-state index in [0.717, 1.165) is 53.6 Å². The Hall–Kier alpha value is -2.14. The highest BCUT2D eigenvalue weighted by Crippen LogP contribution is 2.25. The van der Waals surface area contributed by atoms with E-state index in [1.807, 2.05) is 47.1 Å². The van der Waals surface area contributed by atoms with Gasteiger partial charge >= 0.3 is 0 Å². The maximum atomic E-state index is 6.04. The van der Waals surface area contributed by atoms with Gasteiger partial charge in [0.15, 0.2) is 0 Å². The van der Waals surface area contributed by atoms with Gasteiger partial charge in [0.1, 0.15) is 0 Å². The Bertz CT molecular complexity index is 829. The van der Waals surface area contributed by atoms with Crippen molar-refractivity contribution in [2.24, 2.45) is 0 Å². The molecular formula is C22H26ClN3O. The molecule has 4 nitrogen and oxygen atoms in total. The molecule has 0 unspecified atom stereocenters. The second kappa shape index (κ2) is 9.70. The minimum absolute atomic E-state index is 0.283. The lowest BCUT2D eigenvalue weighted by Gasteiger charge is -2.08. The van der Waals surface area contributed by atoms with E-state index in [9.17, 15) is 0 Å². The Kier molecular flexibility index (Phi) is 7.04. The molecule has 0 aliphatic heterocycles. The van der Waals surface area contributed by atoms with E-state index >= 15 is 0 Å². The standard InChI is InChI=1S/C22H26ClN3O/c1-17(2)27-14-6-13-24-15-19-16-26(21-7-4-3-5-8-21)25-22(19)18-9-11-20(23)12-10-18/h3-5,7-12,16-17,24H,6,13-15H2,1-2H3. The summed E-state index contributed by atoms with van der Waals surface area (Å²) in [5, 5.41) is 9.06. The molecule has 0 aliphatic rings. The van der Waals surface area contributed by atoms with Gasteiger partial charge in [0.25, 0.3) is 0 Å². The van der Waals surface area contributed by atoms with Gasteiger partial charge in [0.05, 0.1) is 17.5 Å². The number of benzene rings is 2. The van der Waals surface area contributed by atoms with Crippen LogP contribution in [-0.4, -0.2) is 29.0 Å². The van der Waals surface area contributed by atoms with Crippen LogP contribution in [-0.2, 0) is 11.3 Å². The summed E-state index contributed by atoms with van der Waals surface area (Å²) in [7, 11) is 0. The lowest BCUT2D eigenvalue weighted by molar-refractivity contribution is 0.0770. The molecule has 0 saturated carbocycles. The van der Waals surface area contributed by atoms with Gasteiger partial charge in [-0.2, -0.15) is 5.10 Å². The molecule has 3 rings (SSSR count). The molecule has 2 aromatic carbocycles. The predicted octanol–water partition coefficient (Wildman–Crippen LogP) is 5.10. The second-order valence-electron chi connectivity index (χ2n) is 6.74. The molecule has 0 atom stereocenters. The second-order valence-corrected chi connectivity index (χ2v) is 7.18. The predicted molar refractivity (Wildman–Crippen MR) is 111 cm³/mol. The van der Waals surface area contributed by atoms with E-state index in [4.69, 9.17) is 21.4 Å². The quantitative estimate of drug-likeness (QED) is 0.522. The molecule has 0 aliphatic carbocycles. The Labute approximate surface area is 166 Å². The molecule has 27 heavy (non-hydrogen) atoms. The van der Waals surface area contributed by atoms with Gasteiger partial charge in [-0.1, -0.05) is 41.9 Å². The van der Waals surface area contributed by atoms with E-state index in [-0.39, 0.29) is 6.10 Å². The van der Waals surface area contributed by atoms with Gasteiger partial charge < -0.3 is 10.1 Å². The number of ether oxygens (including phenoxy) is 1. The van der Waals surface area contributed by atoms with Gasteiger partial charge in [-0.15, -0.1) is 0 Å². The summed E-state index contributed by atoms with van der Waals surface area (Å²) in [5.41, 5.74) is 4.24. The Morgan fingerprint density at radius 1 is 1.07 bits per heavy atom. The van der Waals surface area contributed by atoms with Crippen LogP contribution in [0, 0.1) is 0 Å². The fourth-order valence-electron chi connectivity index (χ4n) is 2.84. The van der Waals surface area contributed by atoms with Crippen LogP contribution >= 0.6 is 11.6 Å². The largest absolute Gasteiger partial charge is 0.379 e. The van der Waals surface area contributed by atoms with E-state index in [0.29, 0.717) is 0 Å². The molecule has 0 spiro atoms. The summed E-state index contributed by atoms with van der Waals surface area (Å²) in [6.45, 7) is 6.56. The highest BCUT2D eigenvalue weighted by Gasteiger charge is 2.12. The lowest BCUT2D eigenvalue weighted by atomic mass is 10.1. The van der Waals surface area contributed by atoms with Crippen molar-refractivity contribution in [3.8, 4) is 16.9 Å². The summed E-state index contributed by atoms with van der Waals surface area (Å²) in [6.07, 6.45) is 3.36. The van der Waals surface area contributed by atoms with E-state index < -0.39 is 0 Å². The third-order valence-corrected chi connectivity index (χ3v) is 4.44. The van der Waals surface area contributed by atoms with Crippen LogP contribution < -0.4 is 5.32 Å². The average Bonchev–Trinajstić information content (AvgIpc) is 3.10. The number of halogens is 1. The fourth-order valence-corrected chi connectivity index (χ4v) is 2.97. The Morgan fingerprint density at radius 2 is 1.81 bits per heavy atom. The number of hydrogen-bond acceptors (Lipinski definition) is 3. The lowest BCUT2D eigenvalue weighted by Crippen LogP contribution is -2.17. The summed E-state index contributed by atoms with van der Waals surface area (Å²) in [4.78, 5) is 0. The smallest absolute Gasteiger partial charge is 0.0972 e. The first-order chi connectivity index (χ1) is 13.1. The van der Waals surface area contributed by atoms with E-state index in [1.54, 1.807) is 0 Å². The van der Waals surface area contributed by atoms with Crippen molar-refractivity contribution in [1.82, 2.24) is 15.1 Å². The molecule has 1 aromatic heterocycles. The van der Waals surface area contributed by atoms with Crippen LogP contribution in [0.2, 0.25) is 5.02 Å². The van der Waals surface area contributed by atoms with Gasteiger partial charge in [-0.05, 0) is 51.1 Å². The van der Waals surface area contributed by atoms with Crippen LogP contribution in [0.5, 0.6) is 0 Å². The van der Waals surface area contributed by atoms with Crippen molar-refractivity contribution < 1.29 is 4.74 Å². The number of nitrogens with one attached hydrogen (secondary N) is 1. The molecular weight excluding hydrogens is 358 g/mol. The Balaban J connectivity index is 1.74. The number of nitrogens with zero attached hydrogens (tertiary/aromatic N) is 2. The molecule has 5 heteroatoms. The third kappa shape index (κ3) is 5.67. The minimum atomic E-state index is 0.283. The molecule has 1 heterocycles. The normalized spacial score (nSPS) is 11.3. The van der Waals surface area contributed by atoms with Crippen molar-refractivity contribution in [3.05, 3.63) is 71.4 Å². The van der Waals surface area contributed by atoms with Crippen LogP contribution in [0.15, 0.2) is 60.8 Å². The number of aromatic nitrogens is 2. The molecule has 142 valence electrons. The van der Waals surface area contributed by atoms with Gasteiger partial charge in [0, 0.05) is 35.5 Å². The highest BCUT2D eigenvalue weighted by atomic mass is 35.5. The first-order valence-electron chi connectivity index (χ1n) is 9.35. The summed E-state index contributed by atoms with van der Waals surface area (Å²) >= 11 is 6.04. The first-order valence-corrected chi connectivity index (χ1v) is 9.73. The number of para-hydroxylation sites is 1. The Morgan fingerprint density at radius 3 is 2.52 bits per heavy atom. The zero-order chi connectivity index (χ0) is 19.1. The summed E-state index contributed by atoms with van der Waals surface area (Å²) in [6, 6.07) is 18.0. The fraction of sp³-hybridized carbons (Fsp3) is 0.318. The summed E-state index contributed by atoms with van der Waals surface area (Å²) in [5.74, 6) is 0. The van der Waals surface area contributed by atoms with Crippen LogP contribution in [0.3, 0.4) is 0 Å². The molecule has 0 fully saturated rings. The van der Waals surface area contributed by atoms with Crippen LogP contribution in [0.25, 0.3) is 16.9 Å². The minimum Gasteiger partial charge on any atom is -0.379 e. The van der Waals surface area contributed by atoms with E-state index in [2.05, 4.69) is 37.5 Å². The van der Waals surface area contributed by atoms with E-state index in [1.165, 1.54) is 0 Å². The van der Waals surface area contributed by atoms with Crippen molar-refractivity contribution in [2.45, 2.75) is 32.9 Å². The SMILES string of the molecule is CC(C)OCCCNCc1cn(-c2ccccc2)nc1-c1ccc(Cl)cc1. The van der Waals surface area contributed by atoms with Crippen LogP contribution in [0.4, 0.5) is 0 Å². The van der Waals surface area contributed by atoms with Crippen molar-refractivity contribution in [1.29, 1.82) is 0 Å². The third-order valence-electron chi connectivity index (χ3n) is 4.19. The van der Waals surface area contributed by atoms with Crippen molar-refractivity contribution in [2.75, 3.05) is 13.2 Å². The monoisotopic (exact) mass is 383 g/mol. The zero-order valence-electron chi connectivity index (χ0n) is 15.9. The molecule has 0 bridgehead atoms. The highest BCUT2D eigenvalue weighted by molar-refractivity contribution is 6.30. The van der Waals surface area contributed by atoms with Crippen molar-refractivity contribution >= 4 is 11.6 Å². The van der Waals surface area contributed by atoms with Gasteiger partial charge in [-0.25, -0.2) is 4.68 Å². The first kappa shape index (κ1) is 19.6.